The van der Waals surface area contributed by atoms with E-state index in [0.717, 1.165) is 19.2 Å². The number of ether oxygens (including phenoxy) is 1. The minimum absolute atomic E-state index is 0.346. The van der Waals surface area contributed by atoms with Crippen LogP contribution in [0.1, 0.15) is 16.2 Å². The van der Waals surface area contributed by atoms with Gasteiger partial charge in [0.15, 0.2) is 11.4 Å². The molecule has 5 nitrogen and oxygen atoms in total. The second-order valence-corrected chi connectivity index (χ2v) is 4.51. The Bertz CT molecular complexity index is 757. The molecule has 130 valence electrons. The van der Waals surface area contributed by atoms with Gasteiger partial charge >= 0.3 is 12.8 Å². The standard InChI is InChI=1S/C13H9F6N3O2/c1-22-10(13(17,18)19)5-8(21-22)11(23)20-7-3-2-6(14)4-9(7)24-12(15)16/h2-5,12H,1H3,(H,20,23). The van der Waals surface area contributed by atoms with Crippen molar-refractivity contribution in [2.24, 2.45) is 7.05 Å². The Labute approximate surface area is 130 Å². The van der Waals surface area contributed by atoms with Crippen molar-refractivity contribution < 1.29 is 35.9 Å². The first-order chi connectivity index (χ1) is 11.1. The highest BCUT2D eigenvalue weighted by Gasteiger charge is 2.35. The zero-order valence-corrected chi connectivity index (χ0v) is 11.9. The van der Waals surface area contributed by atoms with Crippen molar-refractivity contribution in [3.8, 4) is 5.75 Å². The van der Waals surface area contributed by atoms with Gasteiger partial charge in [-0.15, -0.1) is 0 Å². The molecule has 1 heterocycles. The van der Waals surface area contributed by atoms with E-state index in [9.17, 15) is 31.1 Å². The molecular weight excluding hydrogens is 344 g/mol. The van der Waals surface area contributed by atoms with Crippen molar-refractivity contribution in [1.29, 1.82) is 0 Å². The molecule has 0 spiro atoms. The van der Waals surface area contributed by atoms with E-state index in [0.29, 0.717) is 16.8 Å². The average Bonchev–Trinajstić information content (AvgIpc) is 2.83. The fraction of sp³-hybridized carbons (Fsp3) is 0.231. The molecule has 0 aliphatic carbocycles. The van der Waals surface area contributed by atoms with Gasteiger partial charge < -0.3 is 10.1 Å². The quantitative estimate of drug-likeness (QED) is 0.857. The molecule has 0 aliphatic heterocycles. The summed E-state index contributed by atoms with van der Waals surface area (Å²) in [7, 11) is 0.989. The number of hydrogen-bond donors (Lipinski definition) is 1. The Morgan fingerprint density at radius 1 is 1.29 bits per heavy atom. The van der Waals surface area contributed by atoms with Crippen molar-refractivity contribution in [3.05, 3.63) is 41.5 Å². The zero-order chi connectivity index (χ0) is 18.1. The third-order valence-corrected chi connectivity index (χ3v) is 2.81. The highest BCUT2D eigenvalue weighted by atomic mass is 19.4. The summed E-state index contributed by atoms with van der Waals surface area (Å²) in [5.74, 6) is -2.68. The molecule has 0 fully saturated rings. The molecule has 0 aliphatic rings. The number of halogens is 6. The van der Waals surface area contributed by atoms with Crippen LogP contribution in [0.25, 0.3) is 0 Å². The van der Waals surface area contributed by atoms with E-state index in [1.165, 1.54) is 0 Å². The average molecular weight is 353 g/mol. The maximum absolute atomic E-state index is 13.1. The summed E-state index contributed by atoms with van der Waals surface area (Å²) >= 11 is 0. The summed E-state index contributed by atoms with van der Waals surface area (Å²) in [5.41, 5.74) is -2.12. The minimum atomic E-state index is -4.72. The fourth-order valence-corrected chi connectivity index (χ4v) is 1.82. The number of aromatic nitrogens is 2. The van der Waals surface area contributed by atoms with E-state index in [2.05, 4.69) is 9.84 Å². The molecule has 1 amide bonds. The van der Waals surface area contributed by atoms with Crippen LogP contribution in [-0.4, -0.2) is 22.3 Å². The summed E-state index contributed by atoms with van der Waals surface area (Å²) in [4.78, 5) is 11.9. The van der Waals surface area contributed by atoms with Gasteiger partial charge in [-0.3, -0.25) is 9.48 Å². The molecule has 1 aromatic carbocycles. The lowest BCUT2D eigenvalue weighted by molar-refractivity contribution is -0.143. The van der Waals surface area contributed by atoms with Crippen LogP contribution in [0.5, 0.6) is 5.75 Å². The van der Waals surface area contributed by atoms with E-state index in [1.54, 1.807) is 0 Å². The van der Waals surface area contributed by atoms with E-state index in [4.69, 9.17) is 0 Å². The van der Waals surface area contributed by atoms with Gasteiger partial charge in [-0.2, -0.15) is 27.1 Å². The highest BCUT2D eigenvalue weighted by molar-refractivity contribution is 6.03. The van der Waals surface area contributed by atoms with Crippen LogP contribution in [0.2, 0.25) is 0 Å². The fourth-order valence-electron chi connectivity index (χ4n) is 1.82. The molecule has 2 rings (SSSR count). The molecule has 1 aromatic heterocycles. The Morgan fingerprint density at radius 3 is 2.50 bits per heavy atom. The Morgan fingerprint density at radius 2 is 1.96 bits per heavy atom. The largest absolute Gasteiger partial charge is 0.433 e. The van der Waals surface area contributed by atoms with Crippen molar-refractivity contribution in [3.63, 3.8) is 0 Å². The minimum Gasteiger partial charge on any atom is -0.432 e. The lowest BCUT2D eigenvalue weighted by atomic mass is 10.2. The number of carbonyl (C=O) groups excluding carboxylic acids is 1. The Kier molecular flexibility index (Phi) is 4.71. The van der Waals surface area contributed by atoms with Gasteiger partial charge in [-0.1, -0.05) is 0 Å². The number of amides is 1. The second-order valence-electron chi connectivity index (χ2n) is 4.51. The van der Waals surface area contributed by atoms with E-state index in [1.807, 2.05) is 5.32 Å². The van der Waals surface area contributed by atoms with E-state index < -0.39 is 41.6 Å². The van der Waals surface area contributed by atoms with Crippen LogP contribution in [-0.2, 0) is 13.2 Å². The third kappa shape index (κ3) is 3.97. The van der Waals surface area contributed by atoms with E-state index >= 15 is 0 Å². The molecule has 0 saturated carbocycles. The summed E-state index contributed by atoms with van der Waals surface area (Å²) in [6.07, 6.45) is -4.72. The molecule has 0 radical (unpaired) electrons. The molecule has 0 bridgehead atoms. The van der Waals surface area contributed by atoms with Gasteiger partial charge in [0.1, 0.15) is 11.5 Å². The lowest BCUT2D eigenvalue weighted by Crippen LogP contribution is -2.15. The zero-order valence-electron chi connectivity index (χ0n) is 11.9. The van der Waals surface area contributed by atoms with Crippen LogP contribution in [0.15, 0.2) is 24.3 Å². The van der Waals surface area contributed by atoms with Crippen molar-refractivity contribution >= 4 is 11.6 Å². The number of nitrogens with zero attached hydrogens (tertiary/aromatic N) is 2. The number of hydrogen-bond acceptors (Lipinski definition) is 3. The molecule has 0 unspecified atom stereocenters. The summed E-state index contributed by atoms with van der Waals surface area (Å²) in [6, 6.07) is 2.87. The van der Waals surface area contributed by atoms with Crippen LogP contribution >= 0.6 is 0 Å². The monoisotopic (exact) mass is 353 g/mol. The van der Waals surface area contributed by atoms with Crippen molar-refractivity contribution in [1.82, 2.24) is 9.78 Å². The van der Waals surface area contributed by atoms with Gasteiger partial charge in [0.05, 0.1) is 5.69 Å². The Balaban J connectivity index is 2.27. The number of aryl methyl sites for hydroxylation is 1. The molecular formula is C13H9F6N3O2. The van der Waals surface area contributed by atoms with Gasteiger partial charge in [-0.25, -0.2) is 4.39 Å². The van der Waals surface area contributed by atoms with Crippen LogP contribution in [0.3, 0.4) is 0 Å². The molecule has 0 atom stereocenters. The van der Waals surface area contributed by atoms with Gasteiger partial charge in [0.2, 0.25) is 0 Å². The predicted octanol–water partition coefficient (Wildman–Crippen LogP) is 3.43. The molecule has 2 aromatic rings. The third-order valence-electron chi connectivity index (χ3n) is 2.81. The van der Waals surface area contributed by atoms with Gasteiger partial charge in [0.25, 0.3) is 5.91 Å². The number of benzene rings is 1. The summed E-state index contributed by atoms with van der Waals surface area (Å²) in [5, 5.41) is 5.45. The number of anilines is 1. The number of rotatable bonds is 4. The Hall–Kier alpha value is -2.72. The first-order valence-corrected chi connectivity index (χ1v) is 6.25. The maximum atomic E-state index is 13.1. The second kappa shape index (κ2) is 6.42. The van der Waals surface area contributed by atoms with Crippen LogP contribution in [0, 0.1) is 5.82 Å². The molecule has 24 heavy (non-hydrogen) atoms. The first kappa shape index (κ1) is 17.6. The SMILES string of the molecule is Cn1nc(C(=O)Nc2ccc(F)cc2OC(F)F)cc1C(F)(F)F. The topological polar surface area (TPSA) is 56.2 Å². The van der Waals surface area contributed by atoms with Crippen LogP contribution in [0.4, 0.5) is 32.0 Å². The highest BCUT2D eigenvalue weighted by Crippen LogP contribution is 2.30. The van der Waals surface area contributed by atoms with E-state index in [-0.39, 0.29) is 5.69 Å². The molecule has 1 N–H and O–H groups in total. The number of alkyl halides is 5. The number of carbonyl (C=O) groups is 1. The normalized spacial score (nSPS) is 11.7. The smallest absolute Gasteiger partial charge is 0.432 e. The predicted molar refractivity (Wildman–Crippen MR) is 69.2 cm³/mol. The van der Waals surface area contributed by atoms with Crippen molar-refractivity contribution in [2.75, 3.05) is 5.32 Å². The summed E-state index contributed by atoms with van der Waals surface area (Å²) in [6.45, 7) is -3.28. The molecule has 11 heteroatoms. The molecule has 0 saturated heterocycles. The first-order valence-electron chi connectivity index (χ1n) is 6.25. The lowest BCUT2D eigenvalue weighted by Gasteiger charge is -2.11. The van der Waals surface area contributed by atoms with Crippen LogP contribution < -0.4 is 10.1 Å². The van der Waals surface area contributed by atoms with Gasteiger partial charge in [0, 0.05) is 19.2 Å². The maximum Gasteiger partial charge on any atom is 0.433 e. The number of nitrogens with one attached hydrogen (secondary N) is 1. The van der Waals surface area contributed by atoms with Gasteiger partial charge in [-0.05, 0) is 12.1 Å². The summed E-state index contributed by atoms with van der Waals surface area (Å²) < 4.78 is 80.1. The van der Waals surface area contributed by atoms with Crippen molar-refractivity contribution in [2.45, 2.75) is 12.8 Å².